The Morgan fingerprint density at radius 1 is 1.30 bits per heavy atom. The number of anilines is 2. The van der Waals surface area contributed by atoms with Gasteiger partial charge in [-0.2, -0.15) is 0 Å². The van der Waals surface area contributed by atoms with Crippen LogP contribution < -0.4 is 19.3 Å². The molecular weight excluding hydrogens is 390 g/mol. The summed E-state index contributed by atoms with van der Waals surface area (Å²) in [5.41, 5.74) is 2.91. The highest BCUT2D eigenvalue weighted by molar-refractivity contribution is 6.07. The van der Waals surface area contributed by atoms with Crippen LogP contribution in [0.2, 0.25) is 0 Å². The maximum Gasteiger partial charge on any atom is 0.271 e. The number of carbonyl (C=O) groups is 2. The van der Waals surface area contributed by atoms with Crippen LogP contribution in [0.1, 0.15) is 17.5 Å². The molecular formula is C21H21N3O6. The summed E-state index contributed by atoms with van der Waals surface area (Å²) < 4.78 is 10.9. The number of fused-ring (bicyclic) bond motifs is 2. The normalized spacial score (nSPS) is 15.2. The van der Waals surface area contributed by atoms with Gasteiger partial charge in [0.1, 0.15) is 18.0 Å². The molecule has 0 aromatic heterocycles. The molecule has 0 saturated carbocycles. The summed E-state index contributed by atoms with van der Waals surface area (Å²) in [7, 11) is 1.56. The summed E-state index contributed by atoms with van der Waals surface area (Å²) in [5.74, 6) is 0.228. The first-order chi connectivity index (χ1) is 14.4. The second kappa shape index (κ2) is 7.66. The molecule has 0 saturated heterocycles. The number of ether oxygens (including phenoxy) is 2. The van der Waals surface area contributed by atoms with Gasteiger partial charge in [-0.1, -0.05) is 6.07 Å². The molecule has 30 heavy (non-hydrogen) atoms. The maximum atomic E-state index is 13.3. The molecule has 156 valence electrons. The highest BCUT2D eigenvalue weighted by atomic mass is 16.6. The minimum absolute atomic E-state index is 0.176. The van der Waals surface area contributed by atoms with Crippen LogP contribution in [0.5, 0.6) is 11.5 Å². The van der Waals surface area contributed by atoms with Crippen molar-refractivity contribution >= 4 is 28.9 Å². The first-order valence-corrected chi connectivity index (χ1v) is 9.59. The zero-order valence-electron chi connectivity index (χ0n) is 16.7. The molecule has 0 aliphatic carbocycles. The van der Waals surface area contributed by atoms with Gasteiger partial charge in [-0.05, 0) is 43.0 Å². The average molecular weight is 411 g/mol. The van der Waals surface area contributed by atoms with Gasteiger partial charge in [0.2, 0.25) is 5.91 Å². The van der Waals surface area contributed by atoms with E-state index >= 15 is 0 Å². The van der Waals surface area contributed by atoms with Gasteiger partial charge in [-0.3, -0.25) is 24.6 Å². The van der Waals surface area contributed by atoms with Gasteiger partial charge in [0, 0.05) is 18.7 Å². The van der Waals surface area contributed by atoms with E-state index in [0.717, 1.165) is 29.7 Å². The second-order valence-corrected chi connectivity index (χ2v) is 7.24. The number of hydrogen-bond acceptors (Lipinski definition) is 6. The molecule has 9 heteroatoms. The van der Waals surface area contributed by atoms with Crippen molar-refractivity contribution in [1.29, 1.82) is 0 Å². The fraction of sp³-hybridized carbons (Fsp3) is 0.333. The second-order valence-electron chi connectivity index (χ2n) is 7.24. The fourth-order valence-corrected chi connectivity index (χ4v) is 3.97. The zero-order valence-corrected chi connectivity index (χ0v) is 16.7. The summed E-state index contributed by atoms with van der Waals surface area (Å²) in [6.45, 7) is 2.03. The van der Waals surface area contributed by atoms with E-state index in [1.54, 1.807) is 12.0 Å². The van der Waals surface area contributed by atoms with Crippen molar-refractivity contribution in [3.8, 4) is 11.5 Å². The summed E-state index contributed by atoms with van der Waals surface area (Å²) in [6.07, 6.45) is 1.64. The van der Waals surface area contributed by atoms with E-state index in [2.05, 4.69) is 0 Å². The van der Waals surface area contributed by atoms with Crippen molar-refractivity contribution in [1.82, 2.24) is 0 Å². The average Bonchev–Trinajstić information content (AvgIpc) is 2.75. The van der Waals surface area contributed by atoms with Crippen LogP contribution in [-0.4, -0.2) is 43.5 Å². The molecule has 0 radical (unpaired) electrons. The number of nitro benzene ring substituents is 1. The molecule has 0 spiro atoms. The van der Waals surface area contributed by atoms with Crippen molar-refractivity contribution < 1.29 is 24.0 Å². The summed E-state index contributed by atoms with van der Waals surface area (Å²) in [4.78, 5) is 39.3. The Kier molecular flexibility index (Phi) is 5.03. The molecule has 0 bridgehead atoms. The van der Waals surface area contributed by atoms with Gasteiger partial charge >= 0.3 is 0 Å². The first kappa shape index (κ1) is 19.7. The van der Waals surface area contributed by atoms with Gasteiger partial charge < -0.3 is 14.4 Å². The molecule has 2 aromatic carbocycles. The minimum Gasteiger partial charge on any atom is -0.495 e. The van der Waals surface area contributed by atoms with Gasteiger partial charge in [-0.25, -0.2) is 0 Å². The van der Waals surface area contributed by atoms with Crippen molar-refractivity contribution in [2.24, 2.45) is 0 Å². The highest BCUT2D eigenvalue weighted by Crippen LogP contribution is 2.39. The summed E-state index contributed by atoms with van der Waals surface area (Å²) in [5, 5.41) is 11.2. The summed E-state index contributed by atoms with van der Waals surface area (Å²) in [6, 6.07) is 7.81. The number of rotatable bonds is 4. The Balaban J connectivity index is 1.68. The molecule has 2 aliphatic heterocycles. The van der Waals surface area contributed by atoms with Crippen molar-refractivity contribution in [3.63, 3.8) is 0 Å². The lowest BCUT2D eigenvalue weighted by molar-refractivity contribution is -0.384. The highest BCUT2D eigenvalue weighted by Gasteiger charge is 2.33. The third-order valence-corrected chi connectivity index (χ3v) is 5.47. The van der Waals surface area contributed by atoms with Crippen molar-refractivity contribution in [3.05, 3.63) is 51.6 Å². The van der Waals surface area contributed by atoms with Crippen LogP contribution in [0.4, 0.5) is 17.1 Å². The predicted molar refractivity (Wildman–Crippen MR) is 109 cm³/mol. The lowest BCUT2D eigenvalue weighted by atomic mass is 9.96. The van der Waals surface area contributed by atoms with E-state index < -0.39 is 10.8 Å². The minimum atomic E-state index is -0.548. The Morgan fingerprint density at radius 3 is 2.83 bits per heavy atom. The van der Waals surface area contributed by atoms with E-state index in [4.69, 9.17) is 9.47 Å². The van der Waals surface area contributed by atoms with E-state index in [0.29, 0.717) is 18.0 Å². The zero-order chi connectivity index (χ0) is 21.4. The van der Waals surface area contributed by atoms with Crippen molar-refractivity contribution in [2.45, 2.75) is 19.8 Å². The van der Waals surface area contributed by atoms with Crippen LogP contribution >= 0.6 is 0 Å². The Bertz CT molecular complexity index is 1050. The van der Waals surface area contributed by atoms with Crippen LogP contribution in [0.3, 0.4) is 0 Å². The van der Waals surface area contributed by atoms with E-state index in [-0.39, 0.29) is 30.4 Å². The van der Waals surface area contributed by atoms with Crippen LogP contribution in [-0.2, 0) is 16.0 Å². The van der Waals surface area contributed by atoms with Gasteiger partial charge in [0.15, 0.2) is 6.61 Å². The molecule has 2 aliphatic rings. The molecule has 0 unspecified atom stereocenters. The first-order valence-electron chi connectivity index (χ1n) is 9.59. The van der Waals surface area contributed by atoms with E-state index in [1.165, 1.54) is 23.1 Å². The number of nitro groups is 1. The SMILES string of the molecule is COc1ccc(C)c2c1N(C(=O)CN1C(=O)COc3ccc([N+](=O)[O-])cc31)CCC2. The number of methoxy groups -OCH3 is 1. The van der Waals surface area contributed by atoms with Crippen molar-refractivity contribution in [2.75, 3.05) is 36.6 Å². The third-order valence-electron chi connectivity index (χ3n) is 5.47. The third kappa shape index (κ3) is 3.32. The van der Waals surface area contributed by atoms with Gasteiger partial charge in [0.25, 0.3) is 11.6 Å². The Hall–Kier alpha value is -3.62. The van der Waals surface area contributed by atoms with E-state index in [9.17, 15) is 19.7 Å². The Morgan fingerprint density at radius 2 is 2.10 bits per heavy atom. The number of hydrogen-bond donors (Lipinski definition) is 0. The van der Waals surface area contributed by atoms with Crippen LogP contribution in [0, 0.1) is 17.0 Å². The number of carbonyl (C=O) groups excluding carboxylic acids is 2. The van der Waals surface area contributed by atoms with Gasteiger partial charge in [-0.15, -0.1) is 0 Å². The van der Waals surface area contributed by atoms with Gasteiger partial charge in [0.05, 0.1) is 23.4 Å². The molecule has 2 aromatic rings. The van der Waals surface area contributed by atoms with Crippen LogP contribution in [0.25, 0.3) is 0 Å². The maximum absolute atomic E-state index is 13.3. The standard InChI is InChI=1S/C21H21N3O6/c1-13-5-7-18(29-2)21-15(13)4-3-9-22(21)19(25)11-23-16-10-14(24(27)28)6-8-17(16)30-12-20(23)26/h5-8,10H,3-4,9,11-12H2,1-2H3. The Labute approximate surface area is 172 Å². The van der Waals surface area contributed by atoms with Crippen LogP contribution in [0.15, 0.2) is 30.3 Å². The van der Waals surface area contributed by atoms with E-state index in [1.807, 2.05) is 19.1 Å². The molecule has 2 amide bonds. The molecule has 0 N–H and O–H groups in total. The lowest BCUT2D eigenvalue weighted by Gasteiger charge is -2.34. The topological polar surface area (TPSA) is 102 Å². The number of aryl methyl sites for hydroxylation is 1. The quantitative estimate of drug-likeness (QED) is 0.566. The molecule has 0 atom stereocenters. The largest absolute Gasteiger partial charge is 0.495 e. The number of nitrogens with zero attached hydrogens (tertiary/aromatic N) is 3. The fourth-order valence-electron chi connectivity index (χ4n) is 3.97. The lowest BCUT2D eigenvalue weighted by Crippen LogP contribution is -2.47. The molecule has 2 heterocycles. The number of non-ortho nitro benzene ring substituents is 1. The molecule has 9 nitrogen and oxygen atoms in total. The molecule has 0 fully saturated rings. The predicted octanol–water partition coefficient (Wildman–Crippen LogP) is 2.62. The summed E-state index contributed by atoms with van der Waals surface area (Å²) >= 11 is 0. The smallest absolute Gasteiger partial charge is 0.271 e. The number of benzene rings is 2. The number of amides is 2. The molecule has 4 rings (SSSR count). The monoisotopic (exact) mass is 411 g/mol.